The zero-order valence-electron chi connectivity index (χ0n) is 7.52. The quantitative estimate of drug-likeness (QED) is 0.608. The summed E-state index contributed by atoms with van der Waals surface area (Å²) in [6.07, 6.45) is 0.388. The zero-order valence-corrected chi connectivity index (χ0v) is 7.52. The lowest BCUT2D eigenvalue weighted by atomic mass is 10.0. The van der Waals surface area contributed by atoms with Crippen LogP contribution in [-0.4, -0.2) is 6.17 Å². The average Bonchev–Trinajstić information content (AvgIpc) is 2.04. The van der Waals surface area contributed by atoms with E-state index in [9.17, 15) is 0 Å². The Morgan fingerprint density at radius 1 is 1.42 bits per heavy atom. The lowest BCUT2D eigenvalue weighted by molar-refractivity contribution is 0.577. The van der Waals surface area contributed by atoms with Crippen molar-refractivity contribution in [3.63, 3.8) is 0 Å². The van der Waals surface area contributed by atoms with Gasteiger partial charge < -0.3 is 5.32 Å². The number of nitrogens with one attached hydrogen (secondary N) is 2. The fourth-order valence-electron chi connectivity index (χ4n) is 1.61. The van der Waals surface area contributed by atoms with E-state index in [1.807, 2.05) is 0 Å². The number of hydrogen-bond donors (Lipinski definition) is 2. The molecule has 64 valence electrons. The molecule has 1 aromatic carbocycles. The molecule has 0 saturated carbocycles. The van der Waals surface area contributed by atoms with Crippen molar-refractivity contribution in [2.45, 2.75) is 26.6 Å². The topological polar surface area (TPSA) is 24.1 Å². The molecule has 0 radical (unpaired) electrons. The van der Waals surface area contributed by atoms with Gasteiger partial charge in [-0.2, -0.15) is 0 Å². The van der Waals surface area contributed by atoms with E-state index in [4.69, 9.17) is 0 Å². The minimum atomic E-state index is 0.388. The van der Waals surface area contributed by atoms with E-state index < -0.39 is 0 Å². The highest BCUT2D eigenvalue weighted by Crippen LogP contribution is 2.22. The molecule has 0 fully saturated rings. The summed E-state index contributed by atoms with van der Waals surface area (Å²) in [5.41, 5.74) is 4.04. The Morgan fingerprint density at radius 2 is 2.25 bits per heavy atom. The molecule has 1 aliphatic rings. The maximum absolute atomic E-state index is 3.39. The molecule has 12 heavy (non-hydrogen) atoms. The molecule has 1 heterocycles. The summed E-state index contributed by atoms with van der Waals surface area (Å²) in [6, 6.07) is 6.39. The molecule has 2 nitrogen and oxygen atoms in total. The van der Waals surface area contributed by atoms with Gasteiger partial charge in [-0.3, -0.25) is 5.32 Å². The van der Waals surface area contributed by atoms with Gasteiger partial charge in [0.25, 0.3) is 0 Å². The predicted octanol–water partition coefficient (Wildman–Crippen LogP) is 1.86. The lowest BCUT2D eigenvalue weighted by Crippen LogP contribution is -2.37. The van der Waals surface area contributed by atoms with Gasteiger partial charge in [-0.15, -0.1) is 0 Å². The van der Waals surface area contributed by atoms with Gasteiger partial charge >= 0.3 is 0 Å². The van der Waals surface area contributed by atoms with Gasteiger partial charge in [0, 0.05) is 12.2 Å². The molecule has 0 bridgehead atoms. The normalized spacial score (nSPS) is 21.3. The van der Waals surface area contributed by atoms with Crippen LogP contribution in [0, 0.1) is 6.92 Å². The molecule has 0 amide bonds. The van der Waals surface area contributed by atoms with Gasteiger partial charge in [0.2, 0.25) is 0 Å². The molecule has 0 spiro atoms. The van der Waals surface area contributed by atoms with Gasteiger partial charge in [-0.25, -0.2) is 0 Å². The lowest BCUT2D eigenvalue weighted by Gasteiger charge is -2.26. The number of rotatable bonds is 0. The standard InChI is InChI=1S/C10H14N2/c1-7-4-3-5-10-9(7)6-11-8(2)12-10/h3-5,8,11-12H,6H2,1-2H3. The van der Waals surface area contributed by atoms with Crippen LogP contribution >= 0.6 is 0 Å². The molecule has 0 aliphatic carbocycles. The Bertz CT molecular complexity index is 294. The molecule has 2 heteroatoms. The molecule has 1 aromatic rings. The molecule has 2 rings (SSSR count). The van der Waals surface area contributed by atoms with Crippen LogP contribution < -0.4 is 10.6 Å². The minimum absolute atomic E-state index is 0.388. The molecular formula is C10H14N2. The summed E-state index contributed by atoms with van der Waals surface area (Å²) in [4.78, 5) is 0. The first-order valence-electron chi connectivity index (χ1n) is 4.36. The van der Waals surface area contributed by atoms with Crippen LogP contribution in [0.1, 0.15) is 18.1 Å². The van der Waals surface area contributed by atoms with E-state index in [2.05, 4.69) is 42.7 Å². The zero-order chi connectivity index (χ0) is 8.55. The highest BCUT2D eigenvalue weighted by molar-refractivity contribution is 5.56. The molecule has 2 N–H and O–H groups in total. The second-order valence-corrected chi connectivity index (χ2v) is 3.35. The Balaban J connectivity index is 2.42. The fraction of sp³-hybridized carbons (Fsp3) is 0.400. The smallest absolute Gasteiger partial charge is 0.0742 e. The second-order valence-electron chi connectivity index (χ2n) is 3.35. The maximum atomic E-state index is 3.39. The van der Waals surface area contributed by atoms with Crippen LogP contribution in [-0.2, 0) is 6.54 Å². The van der Waals surface area contributed by atoms with Gasteiger partial charge in [0.15, 0.2) is 0 Å². The molecule has 0 saturated heterocycles. The summed E-state index contributed by atoms with van der Waals surface area (Å²) in [7, 11) is 0. The van der Waals surface area contributed by atoms with Crippen LogP contribution in [0.3, 0.4) is 0 Å². The number of aryl methyl sites for hydroxylation is 1. The molecule has 1 unspecified atom stereocenters. The van der Waals surface area contributed by atoms with Gasteiger partial charge in [-0.05, 0) is 31.0 Å². The van der Waals surface area contributed by atoms with Crippen molar-refractivity contribution in [1.82, 2.24) is 5.32 Å². The van der Waals surface area contributed by atoms with E-state index in [1.54, 1.807) is 0 Å². The maximum Gasteiger partial charge on any atom is 0.0742 e. The first kappa shape index (κ1) is 7.62. The number of anilines is 1. The largest absolute Gasteiger partial charge is 0.370 e. The van der Waals surface area contributed by atoms with Crippen LogP contribution in [0.2, 0.25) is 0 Å². The first-order valence-corrected chi connectivity index (χ1v) is 4.36. The Hall–Kier alpha value is -1.02. The summed E-state index contributed by atoms with van der Waals surface area (Å²) in [5, 5.41) is 6.76. The van der Waals surface area contributed by atoms with Crippen molar-refractivity contribution in [2.24, 2.45) is 0 Å². The number of hydrogen-bond acceptors (Lipinski definition) is 2. The highest BCUT2D eigenvalue weighted by Gasteiger charge is 2.13. The molecule has 1 aliphatic heterocycles. The van der Waals surface area contributed by atoms with Gasteiger partial charge in [0.1, 0.15) is 0 Å². The highest BCUT2D eigenvalue weighted by atomic mass is 15.1. The van der Waals surface area contributed by atoms with E-state index in [-0.39, 0.29) is 0 Å². The summed E-state index contributed by atoms with van der Waals surface area (Å²) in [5.74, 6) is 0. The third-order valence-electron chi connectivity index (χ3n) is 2.37. The summed E-state index contributed by atoms with van der Waals surface area (Å²) >= 11 is 0. The Labute approximate surface area is 73.0 Å². The van der Waals surface area contributed by atoms with Crippen LogP contribution in [0.15, 0.2) is 18.2 Å². The van der Waals surface area contributed by atoms with Crippen molar-refractivity contribution in [1.29, 1.82) is 0 Å². The monoisotopic (exact) mass is 162 g/mol. The van der Waals surface area contributed by atoms with Crippen LogP contribution in [0.25, 0.3) is 0 Å². The summed E-state index contributed by atoms with van der Waals surface area (Å²) in [6.45, 7) is 5.26. The van der Waals surface area contributed by atoms with Crippen molar-refractivity contribution >= 4 is 5.69 Å². The van der Waals surface area contributed by atoms with E-state index in [0.29, 0.717) is 6.17 Å². The van der Waals surface area contributed by atoms with E-state index in [1.165, 1.54) is 16.8 Å². The van der Waals surface area contributed by atoms with Gasteiger partial charge in [-0.1, -0.05) is 12.1 Å². The predicted molar refractivity (Wildman–Crippen MR) is 51.1 cm³/mol. The first-order chi connectivity index (χ1) is 5.77. The van der Waals surface area contributed by atoms with Crippen molar-refractivity contribution < 1.29 is 0 Å². The average molecular weight is 162 g/mol. The van der Waals surface area contributed by atoms with Crippen LogP contribution in [0.5, 0.6) is 0 Å². The number of benzene rings is 1. The second kappa shape index (κ2) is 2.79. The van der Waals surface area contributed by atoms with Crippen molar-refractivity contribution in [2.75, 3.05) is 5.32 Å². The fourth-order valence-corrected chi connectivity index (χ4v) is 1.61. The number of fused-ring (bicyclic) bond motifs is 1. The molecule has 1 atom stereocenters. The van der Waals surface area contributed by atoms with E-state index in [0.717, 1.165) is 6.54 Å². The van der Waals surface area contributed by atoms with Crippen molar-refractivity contribution in [3.05, 3.63) is 29.3 Å². The Kier molecular flexibility index (Phi) is 1.77. The molecule has 0 aromatic heterocycles. The van der Waals surface area contributed by atoms with Crippen molar-refractivity contribution in [3.8, 4) is 0 Å². The third-order valence-corrected chi connectivity index (χ3v) is 2.37. The SMILES string of the molecule is Cc1cccc2c1CNC(C)N2. The third kappa shape index (κ3) is 1.18. The van der Waals surface area contributed by atoms with Crippen LogP contribution in [0.4, 0.5) is 5.69 Å². The minimum Gasteiger partial charge on any atom is -0.370 e. The molecular weight excluding hydrogens is 148 g/mol. The Morgan fingerprint density at radius 3 is 3.08 bits per heavy atom. The van der Waals surface area contributed by atoms with Gasteiger partial charge in [0.05, 0.1) is 6.17 Å². The summed E-state index contributed by atoms with van der Waals surface area (Å²) < 4.78 is 0. The van der Waals surface area contributed by atoms with E-state index >= 15 is 0 Å².